The third-order valence-electron chi connectivity index (χ3n) is 4.17. The second-order valence-corrected chi connectivity index (χ2v) is 6.02. The zero-order valence-corrected chi connectivity index (χ0v) is 13.2. The second kappa shape index (κ2) is 6.50. The van der Waals surface area contributed by atoms with Crippen LogP contribution in [-0.2, 0) is 19.6 Å². The van der Waals surface area contributed by atoms with Gasteiger partial charge in [0.25, 0.3) is 0 Å². The smallest absolute Gasteiger partial charge is 0.147 e. The van der Waals surface area contributed by atoms with Crippen LogP contribution in [0.5, 0.6) is 0 Å². The van der Waals surface area contributed by atoms with Crippen LogP contribution in [0.25, 0.3) is 0 Å². The molecule has 7 heteroatoms. The predicted octanol–water partition coefficient (Wildman–Crippen LogP) is 0.925. The summed E-state index contributed by atoms with van der Waals surface area (Å²) in [5.74, 6) is 2.57. The summed E-state index contributed by atoms with van der Waals surface area (Å²) in [5.41, 5.74) is 6.85. The van der Waals surface area contributed by atoms with E-state index in [9.17, 15) is 0 Å². The molecular formula is C15H23N7. The molecule has 0 saturated heterocycles. The molecule has 0 amide bonds. The van der Waals surface area contributed by atoms with Gasteiger partial charge in [0.05, 0.1) is 12.2 Å². The first-order chi connectivity index (χ1) is 10.7. The monoisotopic (exact) mass is 301 g/mol. The Hall–Kier alpha value is -1.86. The fourth-order valence-electron chi connectivity index (χ4n) is 2.97. The molecule has 0 radical (unpaired) electrons. The van der Waals surface area contributed by atoms with Crippen LogP contribution >= 0.6 is 0 Å². The first-order valence-electron chi connectivity index (χ1n) is 7.78. The van der Waals surface area contributed by atoms with Crippen molar-refractivity contribution in [2.45, 2.75) is 51.4 Å². The quantitative estimate of drug-likeness (QED) is 0.854. The van der Waals surface area contributed by atoms with E-state index >= 15 is 0 Å². The van der Waals surface area contributed by atoms with Gasteiger partial charge in [-0.3, -0.25) is 14.9 Å². The van der Waals surface area contributed by atoms with Crippen molar-refractivity contribution in [3.8, 4) is 0 Å². The minimum absolute atomic E-state index is 0.329. The predicted molar refractivity (Wildman–Crippen MR) is 82.8 cm³/mol. The second-order valence-electron chi connectivity index (χ2n) is 6.02. The van der Waals surface area contributed by atoms with E-state index in [1.165, 1.54) is 0 Å². The molecule has 0 aromatic carbocycles. The standard InChI is InChI=1S/C15H23N7/c1-3-22-14(19-20-15(22)11-6-12(16)7-11)10-21(2)9-13-8-17-4-5-18-13/h4-5,8,11-12H,3,6-7,9-10,16H2,1-2H3. The van der Waals surface area contributed by atoms with Crippen LogP contribution in [0.2, 0.25) is 0 Å². The lowest BCUT2D eigenvalue weighted by molar-refractivity contribution is 0.296. The Balaban J connectivity index is 1.67. The van der Waals surface area contributed by atoms with Gasteiger partial charge in [-0.2, -0.15) is 0 Å². The van der Waals surface area contributed by atoms with Gasteiger partial charge in [0.15, 0.2) is 0 Å². The van der Waals surface area contributed by atoms with Crippen LogP contribution in [0.3, 0.4) is 0 Å². The van der Waals surface area contributed by atoms with Gasteiger partial charge in [-0.25, -0.2) is 0 Å². The van der Waals surface area contributed by atoms with Crippen molar-refractivity contribution in [3.63, 3.8) is 0 Å². The summed E-state index contributed by atoms with van der Waals surface area (Å²) in [6.45, 7) is 4.52. The molecule has 2 heterocycles. The summed E-state index contributed by atoms with van der Waals surface area (Å²) in [6.07, 6.45) is 7.24. The highest BCUT2D eigenvalue weighted by Gasteiger charge is 2.32. The van der Waals surface area contributed by atoms with E-state index in [4.69, 9.17) is 5.73 Å². The van der Waals surface area contributed by atoms with E-state index in [-0.39, 0.29) is 0 Å². The molecule has 1 fully saturated rings. The number of aromatic nitrogens is 5. The molecule has 0 bridgehead atoms. The molecule has 7 nitrogen and oxygen atoms in total. The Morgan fingerprint density at radius 2 is 2.09 bits per heavy atom. The molecule has 3 rings (SSSR count). The molecule has 1 saturated carbocycles. The van der Waals surface area contributed by atoms with Crippen LogP contribution in [-0.4, -0.2) is 42.7 Å². The third kappa shape index (κ3) is 3.15. The van der Waals surface area contributed by atoms with Crippen LogP contribution in [0, 0.1) is 0 Å². The molecule has 2 N–H and O–H groups in total. The maximum Gasteiger partial charge on any atom is 0.147 e. The van der Waals surface area contributed by atoms with Crippen molar-refractivity contribution in [1.82, 2.24) is 29.6 Å². The van der Waals surface area contributed by atoms with E-state index in [0.717, 1.165) is 49.8 Å². The summed E-state index contributed by atoms with van der Waals surface area (Å²) in [6, 6.07) is 0.329. The number of nitrogens with two attached hydrogens (primary N) is 1. The highest BCUT2D eigenvalue weighted by molar-refractivity contribution is 5.08. The van der Waals surface area contributed by atoms with Gasteiger partial charge in [-0.1, -0.05) is 0 Å². The maximum absolute atomic E-state index is 5.89. The van der Waals surface area contributed by atoms with Crippen molar-refractivity contribution in [2.24, 2.45) is 5.73 Å². The number of hydrogen-bond donors (Lipinski definition) is 1. The van der Waals surface area contributed by atoms with Crippen molar-refractivity contribution < 1.29 is 0 Å². The lowest BCUT2D eigenvalue weighted by Crippen LogP contribution is -2.36. The van der Waals surface area contributed by atoms with E-state index in [2.05, 4.69) is 43.6 Å². The van der Waals surface area contributed by atoms with Gasteiger partial charge in [-0.15, -0.1) is 10.2 Å². The largest absolute Gasteiger partial charge is 0.328 e. The SMILES string of the molecule is CCn1c(CN(C)Cc2cnccn2)nnc1C1CC(N)C1. The first-order valence-corrected chi connectivity index (χ1v) is 7.78. The third-order valence-corrected chi connectivity index (χ3v) is 4.17. The van der Waals surface area contributed by atoms with Gasteiger partial charge in [0.2, 0.25) is 0 Å². The van der Waals surface area contributed by atoms with Crippen LogP contribution < -0.4 is 5.73 Å². The summed E-state index contributed by atoms with van der Waals surface area (Å²) in [4.78, 5) is 10.6. The molecule has 22 heavy (non-hydrogen) atoms. The minimum atomic E-state index is 0.329. The van der Waals surface area contributed by atoms with Gasteiger partial charge < -0.3 is 10.3 Å². The normalized spacial score (nSPS) is 21.1. The van der Waals surface area contributed by atoms with Crippen molar-refractivity contribution in [1.29, 1.82) is 0 Å². The molecule has 0 aliphatic heterocycles. The molecule has 118 valence electrons. The molecule has 0 unspecified atom stereocenters. The van der Waals surface area contributed by atoms with E-state index in [1.54, 1.807) is 18.6 Å². The Labute approximate surface area is 130 Å². The molecule has 1 aliphatic rings. The van der Waals surface area contributed by atoms with Crippen molar-refractivity contribution >= 4 is 0 Å². The van der Waals surface area contributed by atoms with Crippen LogP contribution in [0.4, 0.5) is 0 Å². The molecule has 2 aromatic heterocycles. The van der Waals surface area contributed by atoms with Gasteiger partial charge in [0, 0.05) is 43.6 Å². The Morgan fingerprint density at radius 3 is 2.73 bits per heavy atom. The highest BCUT2D eigenvalue weighted by atomic mass is 15.3. The lowest BCUT2D eigenvalue weighted by Gasteiger charge is -2.31. The maximum atomic E-state index is 5.89. The molecule has 0 spiro atoms. The summed E-state index contributed by atoms with van der Waals surface area (Å²) >= 11 is 0. The first kappa shape index (κ1) is 15.1. The van der Waals surface area contributed by atoms with Gasteiger partial charge >= 0.3 is 0 Å². The van der Waals surface area contributed by atoms with Gasteiger partial charge in [0.1, 0.15) is 11.6 Å². The number of nitrogens with zero attached hydrogens (tertiary/aromatic N) is 6. The molecule has 0 atom stereocenters. The van der Waals surface area contributed by atoms with Gasteiger partial charge in [-0.05, 0) is 26.8 Å². The minimum Gasteiger partial charge on any atom is -0.328 e. The fraction of sp³-hybridized carbons (Fsp3) is 0.600. The van der Waals surface area contributed by atoms with Crippen molar-refractivity contribution in [2.75, 3.05) is 7.05 Å². The molecule has 2 aromatic rings. The fourth-order valence-corrected chi connectivity index (χ4v) is 2.97. The lowest BCUT2D eigenvalue weighted by atomic mass is 9.80. The summed E-state index contributed by atoms with van der Waals surface area (Å²) in [7, 11) is 2.06. The number of rotatable bonds is 6. The topological polar surface area (TPSA) is 85.8 Å². The average Bonchev–Trinajstić information content (AvgIpc) is 2.87. The Bertz CT molecular complexity index is 604. The summed E-state index contributed by atoms with van der Waals surface area (Å²) in [5, 5.41) is 8.80. The molecule has 1 aliphatic carbocycles. The number of hydrogen-bond acceptors (Lipinski definition) is 6. The zero-order chi connectivity index (χ0) is 15.5. The van der Waals surface area contributed by atoms with Crippen molar-refractivity contribution in [3.05, 3.63) is 35.9 Å². The average molecular weight is 301 g/mol. The Morgan fingerprint density at radius 1 is 1.27 bits per heavy atom. The summed E-state index contributed by atoms with van der Waals surface area (Å²) < 4.78 is 2.23. The zero-order valence-electron chi connectivity index (χ0n) is 13.2. The Kier molecular flexibility index (Phi) is 4.44. The molecular weight excluding hydrogens is 278 g/mol. The van der Waals surface area contributed by atoms with Crippen LogP contribution in [0.1, 0.15) is 43.0 Å². The van der Waals surface area contributed by atoms with E-state index in [0.29, 0.717) is 12.0 Å². The van der Waals surface area contributed by atoms with E-state index < -0.39 is 0 Å². The highest BCUT2D eigenvalue weighted by Crippen LogP contribution is 2.34. The van der Waals surface area contributed by atoms with E-state index in [1.807, 2.05) is 0 Å². The van der Waals surface area contributed by atoms with Crippen LogP contribution in [0.15, 0.2) is 18.6 Å².